The molecule has 0 aromatic heterocycles. The van der Waals surface area contributed by atoms with Crippen molar-refractivity contribution in [3.8, 4) is 0 Å². The summed E-state index contributed by atoms with van der Waals surface area (Å²) in [7, 11) is 0. The molecule has 1 fully saturated rings. The molecule has 0 saturated carbocycles. The van der Waals surface area contributed by atoms with Crippen molar-refractivity contribution < 1.29 is 9.59 Å². The summed E-state index contributed by atoms with van der Waals surface area (Å²) in [6.07, 6.45) is 14.8. The summed E-state index contributed by atoms with van der Waals surface area (Å²) in [6, 6.07) is 0. The highest BCUT2D eigenvalue weighted by Gasteiger charge is 2.47. The Morgan fingerprint density at radius 1 is 0.885 bits per heavy atom. The lowest BCUT2D eigenvalue weighted by Crippen LogP contribution is -2.47. The van der Waals surface area contributed by atoms with Gasteiger partial charge in [0.1, 0.15) is 0 Å². The quantitative estimate of drug-likeness (QED) is 0.260. The summed E-state index contributed by atoms with van der Waals surface area (Å²) in [5.41, 5.74) is -0.350. The van der Waals surface area contributed by atoms with Crippen LogP contribution >= 0.6 is 0 Å². The molecule has 2 unspecified atom stereocenters. The molecule has 0 aliphatic carbocycles. The largest absolute Gasteiger partial charge is 0.277 e. The van der Waals surface area contributed by atoms with Crippen molar-refractivity contribution in [3.05, 3.63) is 0 Å². The molecular formula is C23H43NO2. The Labute approximate surface area is 162 Å². The number of rotatable bonds is 14. The minimum Gasteiger partial charge on any atom is -0.277 e. The van der Waals surface area contributed by atoms with Crippen molar-refractivity contribution in [2.45, 2.75) is 124 Å². The van der Waals surface area contributed by atoms with Gasteiger partial charge in [0.05, 0.1) is 5.92 Å². The zero-order chi connectivity index (χ0) is 19.6. The number of amides is 2. The predicted molar refractivity (Wildman–Crippen MR) is 110 cm³/mol. The van der Waals surface area contributed by atoms with Crippen molar-refractivity contribution in [2.75, 3.05) is 0 Å². The van der Waals surface area contributed by atoms with E-state index in [1.807, 2.05) is 13.8 Å². The highest BCUT2D eigenvalue weighted by molar-refractivity contribution is 6.04. The first-order valence-corrected chi connectivity index (χ1v) is 11.3. The maximum Gasteiger partial charge on any atom is 0.233 e. The van der Waals surface area contributed by atoms with Crippen molar-refractivity contribution in [3.63, 3.8) is 0 Å². The van der Waals surface area contributed by atoms with Gasteiger partial charge in [-0.05, 0) is 39.0 Å². The van der Waals surface area contributed by atoms with Gasteiger partial charge in [-0.2, -0.15) is 0 Å². The van der Waals surface area contributed by atoms with Crippen LogP contribution in [-0.2, 0) is 9.59 Å². The molecule has 0 aromatic carbocycles. The second kappa shape index (κ2) is 11.8. The Morgan fingerprint density at radius 3 is 1.88 bits per heavy atom. The van der Waals surface area contributed by atoms with E-state index in [0.29, 0.717) is 12.3 Å². The number of imide groups is 1. The van der Waals surface area contributed by atoms with Crippen LogP contribution in [-0.4, -0.2) is 22.3 Å². The number of hydrogen-bond acceptors (Lipinski definition) is 2. The highest BCUT2D eigenvalue weighted by Crippen LogP contribution is 2.37. The Morgan fingerprint density at radius 2 is 1.38 bits per heavy atom. The lowest BCUT2D eigenvalue weighted by atomic mass is 9.82. The minimum absolute atomic E-state index is 0.0522. The molecule has 3 nitrogen and oxygen atoms in total. The third-order valence-corrected chi connectivity index (χ3v) is 6.33. The number of carbonyl (C=O) groups excluding carboxylic acids is 2. The van der Waals surface area contributed by atoms with E-state index in [1.54, 1.807) is 4.90 Å². The van der Waals surface area contributed by atoms with Crippen LogP contribution in [0.4, 0.5) is 0 Å². The Balaban J connectivity index is 2.71. The van der Waals surface area contributed by atoms with Gasteiger partial charge in [0, 0.05) is 12.0 Å². The average Bonchev–Trinajstić information content (AvgIpc) is 2.91. The first-order valence-electron chi connectivity index (χ1n) is 11.3. The van der Waals surface area contributed by atoms with E-state index in [0.717, 1.165) is 19.3 Å². The maximum atomic E-state index is 13.1. The van der Waals surface area contributed by atoms with Gasteiger partial charge < -0.3 is 0 Å². The van der Waals surface area contributed by atoms with E-state index in [1.165, 1.54) is 57.8 Å². The average molecular weight is 366 g/mol. The molecule has 26 heavy (non-hydrogen) atoms. The molecule has 0 radical (unpaired) electrons. The van der Waals surface area contributed by atoms with Gasteiger partial charge in [0.25, 0.3) is 0 Å². The van der Waals surface area contributed by atoms with E-state index >= 15 is 0 Å². The van der Waals surface area contributed by atoms with E-state index in [9.17, 15) is 9.59 Å². The summed E-state index contributed by atoms with van der Waals surface area (Å²) >= 11 is 0. The SMILES string of the molecule is CCCCCCCC(CCCCCC)C1CC(=O)N(C(C)(C)CC)C1=O. The molecule has 0 N–H and O–H groups in total. The molecule has 1 aliphatic heterocycles. The van der Waals surface area contributed by atoms with Crippen LogP contribution in [0, 0.1) is 11.8 Å². The Kier molecular flexibility index (Phi) is 10.5. The zero-order valence-electron chi connectivity index (χ0n) is 18.1. The molecule has 0 bridgehead atoms. The van der Waals surface area contributed by atoms with Crippen molar-refractivity contribution in [1.82, 2.24) is 4.90 Å². The predicted octanol–water partition coefficient (Wildman–Crippen LogP) is 6.50. The molecule has 0 aromatic rings. The topological polar surface area (TPSA) is 37.4 Å². The maximum absolute atomic E-state index is 13.1. The van der Waals surface area contributed by atoms with Crippen molar-refractivity contribution >= 4 is 11.8 Å². The van der Waals surface area contributed by atoms with Gasteiger partial charge in [-0.1, -0.05) is 78.6 Å². The van der Waals surface area contributed by atoms with Crippen LogP contribution in [0.2, 0.25) is 0 Å². The summed E-state index contributed by atoms with van der Waals surface area (Å²) in [4.78, 5) is 27.3. The second-order valence-electron chi connectivity index (χ2n) is 8.86. The van der Waals surface area contributed by atoms with E-state index in [-0.39, 0.29) is 23.3 Å². The van der Waals surface area contributed by atoms with Gasteiger partial charge in [0.15, 0.2) is 0 Å². The molecule has 2 atom stereocenters. The second-order valence-corrected chi connectivity index (χ2v) is 8.86. The zero-order valence-corrected chi connectivity index (χ0v) is 18.1. The number of nitrogens with zero attached hydrogens (tertiary/aromatic N) is 1. The van der Waals surface area contributed by atoms with Crippen LogP contribution < -0.4 is 0 Å². The molecule has 152 valence electrons. The van der Waals surface area contributed by atoms with Crippen LogP contribution in [0.5, 0.6) is 0 Å². The highest BCUT2D eigenvalue weighted by atomic mass is 16.2. The summed E-state index contributed by atoms with van der Waals surface area (Å²) in [6.45, 7) is 10.6. The molecule has 1 saturated heterocycles. The lowest BCUT2D eigenvalue weighted by molar-refractivity contribution is -0.146. The summed E-state index contributed by atoms with van der Waals surface area (Å²) < 4.78 is 0. The van der Waals surface area contributed by atoms with Crippen molar-refractivity contribution in [2.24, 2.45) is 11.8 Å². The summed E-state index contributed by atoms with van der Waals surface area (Å²) in [5, 5.41) is 0. The fraction of sp³-hybridized carbons (Fsp3) is 0.913. The fourth-order valence-corrected chi connectivity index (χ4v) is 4.21. The number of unbranched alkanes of at least 4 members (excludes halogenated alkanes) is 7. The molecule has 3 heteroatoms. The first kappa shape index (κ1) is 23.2. The van der Waals surface area contributed by atoms with E-state index in [4.69, 9.17) is 0 Å². The summed E-state index contributed by atoms with van der Waals surface area (Å²) in [5.74, 6) is 0.482. The fourth-order valence-electron chi connectivity index (χ4n) is 4.21. The Hall–Kier alpha value is -0.860. The first-order chi connectivity index (χ1) is 12.4. The molecular weight excluding hydrogens is 322 g/mol. The lowest BCUT2D eigenvalue weighted by Gasteiger charge is -2.34. The monoisotopic (exact) mass is 365 g/mol. The molecule has 1 rings (SSSR count). The third-order valence-electron chi connectivity index (χ3n) is 6.33. The standard InChI is InChI=1S/C23H43NO2/c1-6-9-11-13-15-17-19(16-14-12-10-7-2)20-18-21(25)24(22(20)26)23(4,5)8-3/h19-20H,6-18H2,1-5H3. The van der Waals surface area contributed by atoms with Gasteiger partial charge >= 0.3 is 0 Å². The van der Waals surface area contributed by atoms with Gasteiger partial charge in [-0.25, -0.2) is 0 Å². The van der Waals surface area contributed by atoms with Gasteiger partial charge in [0.2, 0.25) is 11.8 Å². The van der Waals surface area contributed by atoms with Crippen LogP contribution in [0.3, 0.4) is 0 Å². The normalized spacial score (nSPS) is 19.4. The van der Waals surface area contributed by atoms with Crippen molar-refractivity contribution in [1.29, 1.82) is 0 Å². The van der Waals surface area contributed by atoms with Gasteiger partial charge in [-0.15, -0.1) is 0 Å². The molecule has 0 spiro atoms. The van der Waals surface area contributed by atoms with E-state index < -0.39 is 0 Å². The number of carbonyl (C=O) groups is 2. The van der Waals surface area contributed by atoms with E-state index in [2.05, 4.69) is 20.8 Å². The van der Waals surface area contributed by atoms with Crippen LogP contribution in [0.15, 0.2) is 0 Å². The Bertz CT molecular complexity index is 430. The van der Waals surface area contributed by atoms with Gasteiger partial charge in [-0.3, -0.25) is 14.5 Å². The molecule has 1 aliphatic rings. The molecule has 2 amide bonds. The third kappa shape index (κ3) is 6.70. The number of likely N-dealkylation sites (tertiary alicyclic amines) is 1. The van der Waals surface area contributed by atoms with Crippen LogP contribution in [0.25, 0.3) is 0 Å². The minimum atomic E-state index is -0.350. The molecule has 1 heterocycles. The smallest absolute Gasteiger partial charge is 0.233 e. The number of hydrogen-bond donors (Lipinski definition) is 0. The van der Waals surface area contributed by atoms with Crippen LogP contribution in [0.1, 0.15) is 118 Å².